The van der Waals surface area contributed by atoms with Gasteiger partial charge in [-0.15, -0.1) is 0 Å². The van der Waals surface area contributed by atoms with E-state index in [4.69, 9.17) is 11.6 Å². The molecule has 2 amide bonds. The summed E-state index contributed by atoms with van der Waals surface area (Å²) in [4.78, 5) is 25.3. The van der Waals surface area contributed by atoms with Gasteiger partial charge in [-0.3, -0.25) is 9.59 Å². The molecule has 0 unspecified atom stereocenters. The standard InChI is InChI=1S/C13H15ClFN3O2/c14-9-1-2-11(15)10(7-9)13(20)17-8-12(19)18-5-3-16-4-6-18/h1-2,7,16H,3-6,8H2,(H,17,20). The first-order chi connectivity index (χ1) is 9.58. The van der Waals surface area contributed by atoms with Crippen molar-refractivity contribution in [1.82, 2.24) is 15.5 Å². The summed E-state index contributed by atoms with van der Waals surface area (Å²) in [6, 6.07) is 3.72. The predicted octanol–water partition coefficient (Wildman–Crippen LogP) is 0.641. The lowest BCUT2D eigenvalue weighted by Crippen LogP contribution is -2.49. The van der Waals surface area contributed by atoms with Crippen molar-refractivity contribution in [2.45, 2.75) is 0 Å². The molecule has 0 spiro atoms. The molecule has 5 nitrogen and oxygen atoms in total. The van der Waals surface area contributed by atoms with Crippen molar-refractivity contribution in [2.24, 2.45) is 0 Å². The van der Waals surface area contributed by atoms with E-state index in [0.717, 1.165) is 19.2 Å². The van der Waals surface area contributed by atoms with E-state index in [1.807, 2.05) is 0 Å². The van der Waals surface area contributed by atoms with E-state index >= 15 is 0 Å². The number of halogens is 2. The summed E-state index contributed by atoms with van der Waals surface area (Å²) < 4.78 is 13.5. The van der Waals surface area contributed by atoms with Gasteiger partial charge >= 0.3 is 0 Å². The molecule has 1 aromatic rings. The van der Waals surface area contributed by atoms with Crippen molar-refractivity contribution in [3.63, 3.8) is 0 Å². The summed E-state index contributed by atoms with van der Waals surface area (Å²) in [5.41, 5.74) is -0.161. The number of carbonyl (C=O) groups is 2. The van der Waals surface area contributed by atoms with Gasteiger partial charge in [-0.1, -0.05) is 11.6 Å². The SMILES string of the molecule is O=C(NCC(=O)N1CCNCC1)c1cc(Cl)ccc1F. The number of hydrogen-bond acceptors (Lipinski definition) is 3. The van der Waals surface area contributed by atoms with E-state index < -0.39 is 11.7 Å². The third-order valence-electron chi connectivity index (χ3n) is 3.04. The van der Waals surface area contributed by atoms with Crippen molar-refractivity contribution >= 4 is 23.4 Å². The van der Waals surface area contributed by atoms with Gasteiger partial charge < -0.3 is 15.5 Å². The number of carbonyl (C=O) groups excluding carboxylic acids is 2. The molecule has 1 heterocycles. The molecule has 0 bridgehead atoms. The Morgan fingerprint density at radius 3 is 2.75 bits per heavy atom. The molecule has 1 aromatic carbocycles. The molecule has 0 aliphatic carbocycles. The van der Waals surface area contributed by atoms with Crippen LogP contribution in [0.25, 0.3) is 0 Å². The summed E-state index contributed by atoms with van der Waals surface area (Å²) in [6.45, 7) is 2.55. The zero-order chi connectivity index (χ0) is 14.5. The Bertz CT molecular complexity index is 518. The Labute approximate surface area is 121 Å². The molecule has 7 heteroatoms. The lowest BCUT2D eigenvalue weighted by atomic mass is 10.2. The normalized spacial score (nSPS) is 15.0. The van der Waals surface area contributed by atoms with Crippen LogP contribution in [0.2, 0.25) is 5.02 Å². The molecule has 20 heavy (non-hydrogen) atoms. The predicted molar refractivity (Wildman–Crippen MR) is 73.2 cm³/mol. The summed E-state index contributed by atoms with van der Waals surface area (Å²) in [5.74, 6) is -1.49. The van der Waals surface area contributed by atoms with Gasteiger partial charge in [0.1, 0.15) is 5.82 Å². The fraction of sp³-hybridized carbons (Fsp3) is 0.385. The first-order valence-corrected chi connectivity index (χ1v) is 6.67. The average molecular weight is 300 g/mol. The Morgan fingerprint density at radius 1 is 1.35 bits per heavy atom. The summed E-state index contributed by atoms with van der Waals surface area (Å²) in [6.07, 6.45) is 0. The van der Waals surface area contributed by atoms with Crippen LogP contribution in [0, 0.1) is 5.82 Å². The number of benzene rings is 1. The van der Waals surface area contributed by atoms with Crippen LogP contribution in [0.5, 0.6) is 0 Å². The number of rotatable bonds is 3. The fourth-order valence-electron chi connectivity index (χ4n) is 1.95. The molecule has 108 valence electrons. The minimum atomic E-state index is -0.665. The monoisotopic (exact) mass is 299 g/mol. The molecule has 1 aliphatic rings. The largest absolute Gasteiger partial charge is 0.343 e. The van der Waals surface area contributed by atoms with E-state index in [2.05, 4.69) is 10.6 Å². The minimum absolute atomic E-state index is 0.148. The Morgan fingerprint density at radius 2 is 2.05 bits per heavy atom. The lowest BCUT2D eigenvalue weighted by Gasteiger charge is -2.27. The number of hydrogen-bond donors (Lipinski definition) is 2. The third-order valence-corrected chi connectivity index (χ3v) is 3.28. The topological polar surface area (TPSA) is 61.4 Å². The molecule has 0 atom stereocenters. The Hall–Kier alpha value is -1.66. The maximum atomic E-state index is 13.5. The molecule has 0 radical (unpaired) electrons. The van der Waals surface area contributed by atoms with Crippen molar-refractivity contribution < 1.29 is 14.0 Å². The van der Waals surface area contributed by atoms with Crippen molar-refractivity contribution in [1.29, 1.82) is 0 Å². The second-order valence-electron chi connectivity index (χ2n) is 4.44. The van der Waals surface area contributed by atoms with Crippen LogP contribution in [-0.2, 0) is 4.79 Å². The number of piperazine rings is 1. The van der Waals surface area contributed by atoms with Crippen LogP contribution in [0.4, 0.5) is 4.39 Å². The first kappa shape index (κ1) is 14.7. The van der Waals surface area contributed by atoms with Crippen LogP contribution < -0.4 is 10.6 Å². The van der Waals surface area contributed by atoms with Crippen LogP contribution in [-0.4, -0.2) is 49.4 Å². The molecule has 0 aromatic heterocycles. The maximum absolute atomic E-state index is 13.5. The highest BCUT2D eigenvalue weighted by Gasteiger charge is 2.18. The molecule has 2 rings (SSSR count). The van der Waals surface area contributed by atoms with Gasteiger partial charge in [0, 0.05) is 31.2 Å². The zero-order valence-electron chi connectivity index (χ0n) is 10.8. The second-order valence-corrected chi connectivity index (χ2v) is 4.87. The maximum Gasteiger partial charge on any atom is 0.254 e. The molecular weight excluding hydrogens is 285 g/mol. The number of amides is 2. The Kier molecular flexibility index (Phi) is 4.92. The second kappa shape index (κ2) is 6.67. The molecule has 1 aliphatic heterocycles. The minimum Gasteiger partial charge on any atom is -0.343 e. The van der Waals surface area contributed by atoms with E-state index in [1.54, 1.807) is 4.90 Å². The van der Waals surface area contributed by atoms with Crippen molar-refractivity contribution in [3.8, 4) is 0 Å². The lowest BCUT2D eigenvalue weighted by molar-refractivity contribution is -0.130. The highest BCUT2D eigenvalue weighted by Crippen LogP contribution is 2.14. The van der Waals surface area contributed by atoms with Crippen LogP contribution in [0.15, 0.2) is 18.2 Å². The summed E-state index contributed by atoms with van der Waals surface area (Å²) in [7, 11) is 0. The fourth-order valence-corrected chi connectivity index (χ4v) is 2.12. The van der Waals surface area contributed by atoms with Crippen LogP contribution in [0.1, 0.15) is 10.4 Å². The summed E-state index contributed by atoms with van der Waals surface area (Å²) in [5, 5.41) is 5.81. The average Bonchev–Trinajstić information content (AvgIpc) is 2.47. The van der Waals surface area contributed by atoms with Gasteiger partial charge in [0.2, 0.25) is 5.91 Å². The van der Waals surface area contributed by atoms with Crippen molar-refractivity contribution in [3.05, 3.63) is 34.6 Å². The Balaban J connectivity index is 1.91. The zero-order valence-corrected chi connectivity index (χ0v) is 11.5. The van der Waals surface area contributed by atoms with Gasteiger partial charge in [-0.25, -0.2) is 4.39 Å². The van der Waals surface area contributed by atoms with Gasteiger partial charge in [0.25, 0.3) is 5.91 Å². The first-order valence-electron chi connectivity index (χ1n) is 6.29. The van der Waals surface area contributed by atoms with Gasteiger partial charge in [0.15, 0.2) is 0 Å². The van der Waals surface area contributed by atoms with E-state index in [1.165, 1.54) is 12.1 Å². The molecular formula is C13H15ClFN3O2. The van der Waals surface area contributed by atoms with Gasteiger partial charge in [-0.2, -0.15) is 0 Å². The van der Waals surface area contributed by atoms with Crippen LogP contribution in [0.3, 0.4) is 0 Å². The van der Waals surface area contributed by atoms with E-state index in [0.29, 0.717) is 13.1 Å². The quantitative estimate of drug-likeness (QED) is 0.861. The number of nitrogens with one attached hydrogen (secondary N) is 2. The summed E-state index contributed by atoms with van der Waals surface area (Å²) >= 11 is 5.72. The van der Waals surface area contributed by atoms with Crippen LogP contribution >= 0.6 is 11.6 Å². The smallest absolute Gasteiger partial charge is 0.254 e. The molecule has 2 N–H and O–H groups in total. The number of nitrogens with zero attached hydrogens (tertiary/aromatic N) is 1. The third kappa shape index (κ3) is 3.68. The highest BCUT2D eigenvalue weighted by molar-refractivity contribution is 6.31. The molecule has 0 saturated carbocycles. The van der Waals surface area contributed by atoms with Gasteiger partial charge in [0.05, 0.1) is 12.1 Å². The highest BCUT2D eigenvalue weighted by atomic mass is 35.5. The molecule has 1 saturated heterocycles. The molecule has 1 fully saturated rings. The van der Waals surface area contributed by atoms with E-state index in [-0.39, 0.29) is 23.0 Å². The van der Waals surface area contributed by atoms with Crippen molar-refractivity contribution in [2.75, 3.05) is 32.7 Å². The van der Waals surface area contributed by atoms with Gasteiger partial charge in [-0.05, 0) is 18.2 Å². The van der Waals surface area contributed by atoms with E-state index in [9.17, 15) is 14.0 Å².